The van der Waals surface area contributed by atoms with Gasteiger partial charge in [0.15, 0.2) is 0 Å². The fourth-order valence-corrected chi connectivity index (χ4v) is 0.367. The first-order valence-electron chi connectivity index (χ1n) is 3.96. The van der Waals surface area contributed by atoms with Crippen LogP contribution in [0.5, 0.6) is 0 Å². The maximum atomic E-state index is 8.09. The van der Waals surface area contributed by atoms with Crippen molar-refractivity contribution in [1.82, 2.24) is 0 Å². The van der Waals surface area contributed by atoms with Crippen LogP contribution >= 0.6 is 0 Å². The first-order chi connectivity index (χ1) is 6.33. The summed E-state index contributed by atoms with van der Waals surface area (Å²) in [4.78, 5) is 0. The highest BCUT2D eigenvalue weighted by atomic mass is 16.5. The Bertz CT molecular complexity index is 82.6. The van der Waals surface area contributed by atoms with Gasteiger partial charge in [0.1, 0.15) is 6.61 Å². The predicted octanol–water partition coefficient (Wildman–Crippen LogP) is -0.874. The van der Waals surface area contributed by atoms with Crippen LogP contribution in [0.15, 0.2) is 12.8 Å². The standard InChI is InChI=1S/C4H10O3.C4H8O2/c5-1-3-7-4-2-6;1-2-6-4-3-5/h5-6H,1-4H2;2,5H,1,3-4H2. The third-order valence-electron chi connectivity index (χ3n) is 0.798. The fraction of sp³-hybridized carbons (Fsp3) is 0.750. The van der Waals surface area contributed by atoms with Crippen molar-refractivity contribution in [3.8, 4) is 0 Å². The van der Waals surface area contributed by atoms with Gasteiger partial charge < -0.3 is 24.8 Å². The first-order valence-corrected chi connectivity index (χ1v) is 3.96. The summed E-state index contributed by atoms with van der Waals surface area (Å²) in [7, 11) is 0. The van der Waals surface area contributed by atoms with Gasteiger partial charge in [-0.1, -0.05) is 6.58 Å². The summed E-state index contributed by atoms with van der Waals surface area (Å²) in [5, 5.41) is 24.2. The average molecular weight is 194 g/mol. The molecule has 0 rings (SSSR count). The number of hydrogen-bond acceptors (Lipinski definition) is 5. The second-order valence-electron chi connectivity index (χ2n) is 1.82. The Morgan fingerprint density at radius 2 is 1.38 bits per heavy atom. The van der Waals surface area contributed by atoms with Gasteiger partial charge in [0, 0.05) is 0 Å². The van der Waals surface area contributed by atoms with Crippen molar-refractivity contribution in [2.75, 3.05) is 39.6 Å². The van der Waals surface area contributed by atoms with Crippen LogP contribution in [0.4, 0.5) is 0 Å². The third kappa shape index (κ3) is 24.6. The number of ether oxygens (including phenoxy) is 2. The van der Waals surface area contributed by atoms with Crippen LogP contribution in [0, 0.1) is 0 Å². The number of aliphatic hydroxyl groups excluding tert-OH is 3. The molecule has 13 heavy (non-hydrogen) atoms. The Labute approximate surface area is 78.2 Å². The second kappa shape index (κ2) is 17.5. The van der Waals surface area contributed by atoms with Gasteiger partial charge in [0.2, 0.25) is 0 Å². The van der Waals surface area contributed by atoms with E-state index in [1.807, 2.05) is 0 Å². The Morgan fingerprint density at radius 3 is 1.62 bits per heavy atom. The van der Waals surface area contributed by atoms with Crippen molar-refractivity contribution in [3.05, 3.63) is 12.8 Å². The highest BCUT2D eigenvalue weighted by molar-refractivity contribution is 4.46. The van der Waals surface area contributed by atoms with E-state index in [9.17, 15) is 0 Å². The Morgan fingerprint density at radius 1 is 0.923 bits per heavy atom. The summed E-state index contributed by atoms with van der Waals surface area (Å²) in [5.41, 5.74) is 0. The zero-order valence-corrected chi connectivity index (χ0v) is 7.69. The van der Waals surface area contributed by atoms with Crippen molar-refractivity contribution < 1.29 is 24.8 Å². The molecule has 0 spiro atoms. The van der Waals surface area contributed by atoms with E-state index in [4.69, 9.17) is 15.3 Å². The van der Waals surface area contributed by atoms with Gasteiger partial charge in [-0.25, -0.2) is 0 Å². The van der Waals surface area contributed by atoms with Crippen LogP contribution in [0.1, 0.15) is 0 Å². The minimum absolute atomic E-state index is 0.0278. The molecule has 5 nitrogen and oxygen atoms in total. The summed E-state index contributed by atoms with van der Waals surface area (Å²) < 4.78 is 9.13. The van der Waals surface area contributed by atoms with E-state index >= 15 is 0 Å². The predicted molar refractivity (Wildman–Crippen MR) is 48.2 cm³/mol. The maximum absolute atomic E-state index is 8.09. The van der Waals surface area contributed by atoms with E-state index in [-0.39, 0.29) is 19.8 Å². The SMILES string of the molecule is C=COCCO.OCCOCCO. The molecule has 0 aliphatic heterocycles. The molecule has 5 heteroatoms. The summed E-state index contributed by atoms with van der Waals surface area (Å²) in [6.45, 7) is 4.37. The molecule has 0 heterocycles. The monoisotopic (exact) mass is 194 g/mol. The van der Waals surface area contributed by atoms with Crippen LogP contribution in [-0.2, 0) is 9.47 Å². The molecule has 0 amide bonds. The molecule has 0 saturated carbocycles. The third-order valence-corrected chi connectivity index (χ3v) is 0.798. The van der Waals surface area contributed by atoms with Crippen molar-refractivity contribution in [2.24, 2.45) is 0 Å². The zero-order chi connectivity index (χ0) is 10.4. The van der Waals surface area contributed by atoms with Crippen LogP contribution in [-0.4, -0.2) is 55.0 Å². The molecular formula is C8H18O5. The maximum Gasteiger partial charge on any atom is 0.110 e. The number of hydrogen-bond donors (Lipinski definition) is 3. The quantitative estimate of drug-likeness (QED) is 0.362. The van der Waals surface area contributed by atoms with Crippen molar-refractivity contribution in [3.63, 3.8) is 0 Å². The lowest BCUT2D eigenvalue weighted by Gasteiger charge is -1.94. The lowest BCUT2D eigenvalue weighted by Crippen LogP contribution is -2.03. The summed E-state index contributed by atoms with van der Waals surface area (Å²) in [6.07, 6.45) is 1.30. The summed E-state index contributed by atoms with van der Waals surface area (Å²) in [6, 6.07) is 0. The van der Waals surface area contributed by atoms with Crippen molar-refractivity contribution in [1.29, 1.82) is 0 Å². The molecule has 0 fully saturated rings. The molecule has 0 aromatic carbocycles. The molecule has 0 aromatic rings. The Balaban J connectivity index is 0. The van der Waals surface area contributed by atoms with Crippen LogP contribution in [0.25, 0.3) is 0 Å². The summed E-state index contributed by atoms with van der Waals surface area (Å²) >= 11 is 0. The molecule has 80 valence electrons. The number of aliphatic hydroxyl groups is 3. The van der Waals surface area contributed by atoms with Gasteiger partial charge in [-0.2, -0.15) is 0 Å². The molecule has 0 aliphatic carbocycles. The van der Waals surface area contributed by atoms with Crippen LogP contribution < -0.4 is 0 Å². The van der Waals surface area contributed by atoms with Crippen molar-refractivity contribution in [2.45, 2.75) is 0 Å². The Hall–Kier alpha value is -0.620. The van der Waals surface area contributed by atoms with E-state index < -0.39 is 0 Å². The van der Waals surface area contributed by atoms with Gasteiger partial charge in [-0.05, 0) is 0 Å². The molecule has 0 bridgehead atoms. The summed E-state index contributed by atoms with van der Waals surface area (Å²) in [5.74, 6) is 0. The fourth-order valence-electron chi connectivity index (χ4n) is 0.367. The largest absolute Gasteiger partial charge is 0.499 e. The Kier molecular flexibility index (Phi) is 20.0. The smallest absolute Gasteiger partial charge is 0.110 e. The van der Waals surface area contributed by atoms with Gasteiger partial charge in [0.05, 0.1) is 39.3 Å². The zero-order valence-electron chi connectivity index (χ0n) is 7.69. The van der Waals surface area contributed by atoms with Gasteiger partial charge in [-0.15, -0.1) is 0 Å². The molecule has 0 atom stereocenters. The molecule has 0 unspecified atom stereocenters. The van der Waals surface area contributed by atoms with Crippen LogP contribution in [0.2, 0.25) is 0 Å². The average Bonchev–Trinajstić information content (AvgIpc) is 2.17. The van der Waals surface area contributed by atoms with Gasteiger partial charge in [-0.3, -0.25) is 0 Å². The first kappa shape index (κ1) is 14.9. The molecule has 0 saturated heterocycles. The van der Waals surface area contributed by atoms with E-state index in [0.717, 1.165) is 0 Å². The van der Waals surface area contributed by atoms with E-state index in [1.165, 1.54) is 6.26 Å². The highest BCUT2D eigenvalue weighted by Crippen LogP contribution is 1.68. The van der Waals surface area contributed by atoms with E-state index in [1.54, 1.807) is 0 Å². The van der Waals surface area contributed by atoms with E-state index in [2.05, 4.69) is 16.1 Å². The topological polar surface area (TPSA) is 79.2 Å². The highest BCUT2D eigenvalue weighted by Gasteiger charge is 1.79. The number of rotatable bonds is 7. The molecule has 0 aromatic heterocycles. The van der Waals surface area contributed by atoms with Crippen molar-refractivity contribution >= 4 is 0 Å². The normalized spacial score (nSPS) is 8.54. The minimum atomic E-state index is 0.0278. The van der Waals surface area contributed by atoms with E-state index in [0.29, 0.717) is 19.8 Å². The molecule has 0 radical (unpaired) electrons. The molecule has 0 aliphatic rings. The molecule has 3 N–H and O–H groups in total. The lowest BCUT2D eigenvalue weighted by molar-refractivity contribution is 0.0650. The molecular weight excluding hydrogens is 176 g/mol. The van der Waals surface area contributed by atoms with Gasteiger partial charge in [0.25, 0.3) is 0 Å². The lowest BCUT2D eigenvalue weighted by atomic mass is 10.7. The van der Waals surface area contributed by atoms with Crippen LogP contribution in [0.3, 0.4) is 0 Å². The minimum Gasteiger partial charge on any atom is -0.499 e. The van der Waals surface area contributed by atoms with Gasteiger partial charge >= 0.3 is 0 Å². The second-order valence-corrected chi connectivity index (χ2v) is 1.82.